The summed E-state index contributed by atoms with van der Waals surface area (Å²) in [7, 11) is 0. The van der Waals surface area contributed by atoms with E-state index in [9.17, 15) is 4.79 Å². The van der Waals surface area contributed by atoms with E-state index < -0.39 is 0 Å². The molecule has 1 amide bonds. The van der Waals surface area contributed by atoms with E-state index in [4.69, 9.17) is 0 Å². The van der Waals surface area contributed by atoms with Gasteiger partial charge in [0.1, 0.15) is 0 Å². The quantitative estimate of drug-likeness (QED) is 0.794. The number of hydrogen-bond donors (Lipinski definition) is 1. The van der Waals surface area contributed by atoms with Gasteiger partial charge in [-0.1, -0.05) is 23.4 Å². The predicted octanol–water partition coefficient (Wildman–Crippen LogP) is 2.18. The number of carbonyl (C=O) groups excluding carboxylic acids is 1. The SMILES string of the molecule is CC1CN(C(=O)c2cn(Cc3ccccn3)nn2)c2ccccc2N1. The highest BCUT2D eigenvalue weighted by Crippen LogP contribution is 2.31. The standard InChI is InChI=1S/C18H18N6O/c1-13-10-24(17-8-3-2-7-15(17)20-13)18(25)16-12-23(22-21-16)11-14-6-4-5-9-19-14/h2-9,12-13,20H,10-11H2,1H3. The lowest BCUT2D eigenvalue weighted by atomic mass is 10.1. The predicted molar refractivity (Wildman–Crippen MR) is 94.6 cm³/mol. The van der Waals surface area contributed by atoms with Crippen LogP contribution < -0.4 is 10.2 Å². The number of rotatable bonds is 3. The summed E-state index contributed by atoms with van der Waals surface area (Å²) in [6.45, 7) is 3.12. The summed E-state index contributed by atoms with van der Waals surface area (Å²) in [6.07, 6.45) is 3.41. The third kappa shape index (κ3) is 3.08. The monoisotopic (exact) mass is 334 g/mol. The molecule has 0 saturated heterocycles. The van der Waals surface area contributed by atoms with Crippen LogP contribution in [0.4, 0.5) is 11.4 Å². The lowest BCUT2D eigenvalue weighted by molar-refractivity contribution is 0.0980. The Balaban J connectivity index is 1.58. The number of anilines is 2. The number of nitrogens with one attached hydrogen (secondary N) is 1. The molecular formula is C18H18N6O. The summed E-state index contributed by atoms with van der Waals surface area (Å²) in [5.41, 5.74) is 3.02. The molecule has 1 atom stereocenters. The molecule has 1 aliphatic rings. The molecule has 7 heteroatoms. The Kier molecular flexibility index (Phi) is 3.89. The molecule has 0 spiro atoms. The molecule has 126 valence electrons. The summed E-state index contributed by atoms with van der Waals surface area (Å²) in [4.78, 5) is 19.0. The van der Waals surface area contributed by atoms with Crippen molar-refractivity contribution in [3.8, 4) is 0 Å². The van der Waals surface area contributed by atoms with Crippen molar-refractivity contribution in [2.45, 2.75) is 19.5 Å². The van der Waals surface area contributed by atoms with Crippen LogP contribution in [0.2, 0.25) is 0 Å². The minimum absolute atomic E-state index is 0.145. The van der Waals surface area contributed by atoms with Crippen molar-refractivity contribution in [1.82, 2.24) is 20.0 Å². The average molecular weight is 334 g/mol. The van der Waals surface area contributed by atoms with Crippen LogP contribution in [0.1, 0.15) is 23.1 Å². The first-order valence-corrected chi connectivity index (χ1v) is 8.18. The maximum absolute atomic E-state index is 12.9. The molecule has 1 aromatic carbocycles. The van der Waals surface area contributed by atoms with Crippen LogP contribution in [0, 0.1) is 0 Å². The van der Waals surface area contributed by atoms with E-state index >= 15 is 0 Å². The Morgan fingerprint density at radius 3 is 2.92 bits per heavy atom. The van der Waals surface area contributed by atoms with E-state index in [-0.39, 0.29) is 11.9 Å². The van der Waals surface area contributed by atoms with Gasteiger partial charge < -0.3 is 10.2 Å². The number of amides is 1. The number of pyridine rings is 1. The number of para-hydroxylation sites is 2. The molecule has 0 aliphatic carbocycles. The van der Waals surface area contributed by atoms with Crippen LogP contribution >= 0.6 is 0 Å². The molecule has 3 heterocycles. The Hall–Kier alpha value is -3.22. The van der Waals surface area contributed by atoms with Gasteiger partial charge in [-0.25, -0.2) is 4.68 Å². The van der Waals surface area contributed by atoms with E-state index in [1.54, 1.807) is 22.0 Å². The summed E-state index contributed by atoms with van der Waals surface area (Å²) in [5, 5.41) is 11.5. The zero-order chi connectivity index (χ0) is 17.2. The maximum atomic E-state index is 12.9. The molecule has 2 aromatic heterocycles. The van der Waals surface area contributed by atoms with Crippen molar-refractivity contribution in [2.75, 3.05) is 16.8 Å². The smallest absolute Gasteiger partial charge is 0.280 e. The largest absolute Gasteiger partial charge is 0.379 e. The molecule has 3 aromatic rings. The molecule has 25 heavy (non-hydrogen) atoms. The first kappa shape index (κ1) is 15.3. The molecule has 1 aliphatic heterocycles. The van der Waals surface area contributed by atoms with Crippen molar-refractivity contribution < 1.29 is 4.79 Å². The van der Waals surface area contributed by atoms with E-state index in [1.807, 2.05) is 49.4 Å². The van der Waals surface area contributed by atoms with Crippen molar-refractivity contribution in [3.63, 3.8) is 0 Å². The lowest BCUT2D eigenvalue weighted by Gasteiger charge is -2.33. The van der Waals surface area contributed by atoms with Crippen molar-refractivity contribution >= 4 is 17.3 Å². The Bertz CT molecular complexity index is 891. The zero-order valence-electron chi connectivity index (χ0n) is 13.8. The van der Waals surface area contributed by atoms with Gasteiger partial charge in [0.15, 0.2) is 5.69 Å². The second-order valence-electron chi connectivity index (χ2n) is 6.10. The summed E-state index contributed by atoms with van der Waals surface area (Å²) in [6, 6.07) is 13.7. The number of hydrogen-bond acceptors (Lipinski definition) is 5. The summed E-state index contributed by atoms with van der Waals surface area (Å²) in [5.74, 6) is -0.145. The van der Waals surface area contributed by atoms with Gasteiger partial charge in [0.05, 0.1) is 29.8 Å². The number of fused-ring (bicyclic) bond motifs is 1. The van der Waals surface area contributed by atoms with Gasteiger partial charge in [0.25, 0.3) is 5.91 Å². The van der Waals surface area contributed by atoms with Crippen LogP contribution in [0.15, 0.2) is 54.9 Å². The lowest BCUT2D eigenvalue weighted by Crippen LogP contribution is -2.43. The second kappa shape index (κ2) is 6.35. The fourth-order valence-corrected chi connectivity index (χ4v) is 2.98. The van der Waals surface area contributed by atoms with Gasteiger partial charge in [0, 0.05) is 18.8 Å². The maximum Gasteiger partial charge on any atom is 0.280 e. The van der Waals surface area contributed by atoms with Gasteiger partial charge in [-0.2, -0.15) is 0 Å². The van der Waals surface area contributed by atoms with Crippen LogP contribution in [0.5, 0.6) is 0 Å². The van der Waals surface area contributed by atoms with Crippen LogP contribution in [-0.4, -0.2) is 38.5 Å². The summed E-state index contributed by atoms with van der Waals surface area (Å²) < 4.78 is 1.63. The summed E-state index contributed by atoms with van der Waals surface area (Å²) >= 11 is 0. The molecule has 1 N–H and O–H groups in total. The van der Waals surface area contributed by atoms with Gasteiger partial charge >= 0.3 is 0 Å². The molecule has 7 nitrogen and oxygen atoms in total. The van der Waals surface area contributed by atoms with Gasteiger partial charge in [0.2, 0.25) is 0 Å². The highest BCUT2D eigenvalue weighted by atomic mass is 16.2. The van der Waals surface area contributed by atoms with Gasteiger partial charge in [-0.15, -0.1) is 5.10 Å². The average Bonchev–Trinajstić information content (AvgIpc) is 3.09. The Morgan fingerprint density at radius 2 is 2.08 bits per heavy atom. The molecule has 1 unspecified atom stereocenters. The van der Waals surface area contributed by atoms with Crippen molar-refractivity contribution in [3.05, 3.63) is 66.2 Å². The topological polar surface area (TPSA) is 75.9 Å². The Labute approximate surface area is 145 Å². The Morgan fingerprint density at radius 1 is 1.24 bits per heavy atom. The molecule has 0 bridgehead atoms. The minimum Gasteiger partial charge on any atom is -0.379 e. The normalized spacial score (nSPS) is 16.2. The second-order valence-corrected chi connectivity index (χ2v) is 6.10. The third-order valence-electron chi connectivity index (χ3n) is 4.11. The highest BCUT2D eigenvalue weighted by Gasteiger charge is 2.28. The van der Waals surface area contributed by atoms with Crippen LogP contribution in [0.3, 0.4) is 0 Å². The van der Waals surface area contributed by atoms with Crippen LogP contribution in [-0.2, 0) is 6.54 Å². The molecule has 0 radical (unpaired) electrons. The van der Waals surface area contributed by atoms with Crippen molar-refractivity contribution in [1.29, 1.82) is 0 Å². The fraction of sp³-hybridized carbons (Fsp3) is 0.222. The number of carbonyl (C=O) groups is 1. The first-order valence-electron chi connectivity index (χ1n) is 8.18. The molecular weight excluding hydrogens is 316 g/mol. The van der Waals surface area contributed by atoms with Gasteiger partial charge in [-0.3, -0.25) is 9.78 Å². The van der Waals surface area contributed by atoms with Crippen LogP contribution in [0.25, 0.3) is 0 Å². The first-order chi connectivity index (χ1) is 12.2. The number of benzene rings is 1. The molecule has 0 saturated carbocycles. The van der Waals surface area contributed by atoms with Gasteiger partial charge in [-0.05, 0) is 31.2 Å². The number of aromatic nitrogens is 4. The fourth-order valence-electron chi connectivity index (χ4n) is 2.98. The van der Waals surface area contributed by atoms with E-state index in [0.29, 0.717) is 18.8 Å². The van der Waals surface area contributed by atoms with E-state index in [0.717, 1.165) is 17.1 Å². The molecule has 0 fully saturated rings. The van der Waals surface area contributed by atoms with Crippen molar-refractivity contribution in [2.24, 2.45) is 0 Å². The van der Waals surface area contributed by atoms with E-state index in [2.05, 4.69) is 20.6 Å². The zero-order valence-corrected chi connectivity index (χ0v) is 13.8. The third-order valence-corrected chi connectivity index (χ3v) is 4.11. The van der Waals surface area contributed by atoms with E-state index in [1.165, 1.54) is 0 Å². The molecule has 4 rings (SSSR count). The number of nitrogens with zero attached hydrogens (tertiary/aromatic N) is 5. The highest BCUT2D eigenvalue weighted by molar-refractivity contribution is 6.07. The minimum atomic E-state index is -0.145.